The predicted octanol–water partition coefficient (Wildman–Crippen LogP) is 3.56. The number of carbonyl (C=O) groups excluding carboxylic acids is 2. The molecule has 2 aliphatic rings. The SMILES string of the molecule is CCC[C@@H]1N(C(=O)c2c(C)nn3c(C)cc(C)nc23)CC[C@]12C(=O)Nc1ccccc12. The van der Waals surface area contributed by atoms with Crippen LogP contribution in [-0.4, -0.2) is 43.9 Å². The fourth-order valence-corrected chi connectivity index (χ4v) is 5.54. The molecule has 0 aliphatic carbocycles. The van der Waals surface area contributed by atoms with Crippen molar-refractivity contribution < 1.29 is 9.59 Å². The summed E-state index contributed by atoms with van der Waals surface area (Å²) in [6.07, 6.45) is 2.27. The molecule has 31 heavy (non-hydrogen) atoms. The lowest BCUT2D eigenvalue weighted by Crippen LogP contribution is -2.48. The molecule has 2 amide bonds. The minimum Gasteiger partial charge on any atom is -0.334 e. The van der Waals surface area contributed by atoms with Gasteiger partial charge in [-0.2, -0.15) is 5.10 Å². The number of nitrogens with zero attached hydrogens (tertiary/aromatic N) is 4. The maximum Gasteiger partial charge on any atom is 0.259 e. The van der Waals surface area contributed by atoms with E-state index in [1.165, 1.54) is 0 Å². The molecule has 160 valence electrons. The van der Waals surface area contributed by atoms with Crippen molar-refractivity contribution in [3.05, 3.63) is 58.5 Å². The van der Waals surface area contributed by atoms with Crippen molar-refractivity contribution in [3.8, 4) is 0 Å². The van der Waals surface area contributed by atoms with E-state index in [2.05, 4.69) is 22.3 Å². The van der Waals surface area contributed by atoms with Gasteiger partial charge in [0.1, 0.15) is 5.56 Å². The smallest absolute Gasteiger partial charge is 0.259 e. The van der Waals surface area contributed by atoms with Gasteiger partial charge < -0.3 is 10.2 Å². The number of anilines is 1. The van der Waals surface area contributed by atoms with E-state index in [4.69, 9.17) is 0 Å². The zero-order valence-electron chi connectivity index (χ0n) is 18.4. The molecule has 1 fully saturated rings. The maximum absolute atomic E-state index is 13.9. The van der Waals surface area contributed by atoms with E-state index in [-0.39, 0.29) is 17.9 Å². The molecule has 1 aromatic carbocycles. The largest absolute Gasteiger partial charge is 0.334 e. The molecule has 4 heterocycles. The number of para-hydroxylation sites is 1. The molecule has 2 atom stereocenters. The van der Waals surface area contributed by atoms with Gasteiger partial charge in [-0.05, 0) is 51.3 Å². The number of carbonyl (C=O) groups is 2. The number of aromatic nitrogens is 3. The third-order valence-corrected chi connectivity index (χ3v) is 6.86. The van der Waals surface area contributed by atoms with E-state index in [9.17, 15) is 9.59 Å². The summed E-state index contributed by atoms with van der Waals surface area (Å²) in [4.78, 5) is 33.7. The van der Waals surface area contributed by atoms with Gasteiger partial charge in [-0.1, -0.05) is 31.5 Å². The number of nitrogens with one attached hydrogen (secondary N) is 1. The molecule has 2 aromatic heterocycles. The van der Waals surface area contributed by atoms with E-state index in [0.717, 1.165) is 35.5 Å². The number of benzene rings is 1. The van der Waals surface area contributed by atoms with Gasteiger partial charge in [0, 0.05) is 23.6 Å². The zero-order chi connectivity index (χ0) is 21.9. The molecule has 1 spiro atoms. The molecule has 3 aromatic rings. The fourth-order valence-electron chi connectivity index (χ4n) is 5.54. The van der Waals surface area contributed by atoms with Crippen molar-refractivity contribution >= 4 is 23.1 Å². The molecule has 7 heteroatoms. The zero-order valence-corrected chi connectivity index (χ0v) is 18.4. The highest BCUT2D eigenvalue weighted by molar-refractivity contribution is 6.09. The fraction of sp³-hybridized carbons (Fsp3) is 0.417. The lowest BCUT2D eigenvalue weighted by molar-refractivity contribution is -0.121. The summed E-state index contributed by atoms with van der Waals surface area (Å²) < 4.78 is 1.74. The molecule has 0 radical (unpaired) electrons. The van der Waals surface area contributed by atoms with E-state index in [1.54, 1.807) is 4.52 Å². The molecular weight excluding hydrogens is 390 g/mol. The van der Waals surface area contributed by atoms with Crippen LogP contribution < -0.4 is 5.32 Å². The lowest BCUT2D eigenvalue weighted by Gasteiger charge is -2.34. The minimum absolute atomic E-state index is 0.00356. The van der Waals surface area contributed by atoms with Crippen LogP contribution in [0.15, 0.2) is 30.3 Å². The first-order valence-electron chi connectivity index (χ1n) is 10.9. The Hall–Kier alpha value is -3.22. The number of rotatable bonds is 3. The van der Waals surface area contributed by atoms with Crippen molar-refractivity contribution in [3.63, 3.8) is 0 Å². The summed E-state index contributed by atoms with van der Waals surface area (Å²) in [6.45, 7) is 8.38. The van der Waals surface area contributed by atoms with Gasteiger partial charge in [0.25, 0.3) is 5.91 Å². The van der Waals surface area contributed by atoms with E-state index in [0.29, 0.717) is 29.9 Å². The number of amides is 2. The molecule has 0 saturated carbocycles. The van der Waals surface area contributed by atoms with Crippen LogP contribution in [0.2, 0.25) is 0 Å². The summed E-state index contributed by atoms with van der Waals surface area (Å²) in [5.74, 6) is -0.0821. The van der Waals surface area contributed by atoms with Crippen molar-refractivity contribution in [2.24, 2.45) is 0 Å². The van der Waals surface area contributed by atoms with Crippen LogP contribution in [0.25, 0.3) is 5.65 Å². The molecule has 1 saturated heterocycles. The van der Waals surface area contributed by atoms with Crippen LogP contribution in [-0.2, 0) is 10.2 Å². The highest BCUT2D eigenvalue weighted by Gasteiger charge is 2.58. The van der Waals surface area contributed by atoms with Crippen LogP contribution in [0, 0.1) is 20.8 Å². The number of aryl methyl sites for hydroxylation is 3. The van der Waals surface area contributed by atoms with Crippen molar-refractivity contribution in [1.29, 1.82) is 0 Å². The number of likely N-dealkylation sites (tertiary alicyclic amines) is 1. The summed E-state index contributed by atoms with van der Waals surface area (Å²) >= 11 is 0. The number of hydrogen-bond acceptors (Lipinski definition) is 4. The molecule has 2 aliphatic heterocycles. The van der Waals surface area contributed by atoms with Gasteiger partial charge in [0.15, 0.2) is 5.65 Å². The van der Waals surface area contributed by atoms with Crippen LogP contribution in [0.4, 0.5) is 5.69 Å². The highest BCUT2D eigenvalue weighted by Crippen LogP contribution is 2.49. The van der Waals surface area contributed by atoms with Crippen LogP contribution in [0.3, 0.4) is 0 Å². The summed E-state index contributed by atoms with van der Waals surface area (Å²) in [5.41, 5.74) is 4.77. The molecule has 0 unspecified atom stereocenters. The van der Waals surface area contributed by atoms with Crippen LogP contribution >= 0.6 is 0 Å². The minimum atomic E-state index is -0.696. The first-order valence-corrected chi connectivity index (χ1v) is 10.9. The van der Waals surface area contributed by atoms with Gasteiger partial charge in [-0.3, -0.25) is 9.59 Å². The van der Waals surface area contributed by atoms with Crippen molar-refractivity contribution in [2.75, 3.05) is 11.9 Å². The summed E-state index contributed by atoms with van der Waals surface area (Å²) in [6, 6.07) is 9.63. The lowest BCUT2D eigenvalue weighted by atomic mass is 9.73. The third kappa shape index (κ3) is 2.65. The average Bonchev–Trinajstić information content (AvgIpc) is 3.36. The van der Waals surface area contributed by atoms with Gasteiger partial charge in [0.05, 0.1) is 17.2 Å². The molecular formula is C24H27N5O2. The second-order valence-corrected chi connectivity index (χ2v) is 8.76. The normalized spacial score (nSPS) is 22.4. The molecule has 1 N–H and O–H groups in total. The quantitative estimate of drug-likeness (QED) is 0.707. The van der Waals surface area contributed by atoms with E-state index in [1.807, 2.05) is 56.0 Å². The molecule has 5 rings (SSSR count). The first kappa shape index (κ1) is 19.7. The maximum atomic E-state index is 13.9. The van der Waals surface area contributed by atoms with E-state index >= 15 is 0 Å². The number of hydrogen-bond donors (Lipinski definition) is 1. The Morgan fingerprint density at radius 3 is 2.81 bits per heavy atom. The Morgan fingerprint density at radius 1 is 1.26 bits per heavy atom. The average molecular weight is 418 g/mol. The summed E-state index contributed by atoms with van der Waals surface area (Å²) in [7, 11) is 0. The van der Waals surface area contributed by atoms with Crippen molar-refractivity contribution in [1.82, 2.24) is 19.5 Å². The van der Waals surface area contributed by atoms with Crippen LogP contribution in [0.5, 0.6) is 0 Å². The molecule has 0 bridgehead atoms. The second kappa shape index (κ2) is 6.90. The predicted molar refractivity (Wildman–Crippen MR) is 118 cm³/mol. The van der Waals surface area contributed by atoms with E-state index < -0.39 is 5.41 Å². The second-order valence-electron chi connectivity index (χ2n) is 8.76. The Kier molecular flexibility index (Phi) is 4.39. The Morgan fingerprint density at radius 2 is 2.03 bits per heavy atom. The van der Waals surface area contributed by atoms with Gasteiger partial charge in [-0.25, -0.2) is 9.50 Å². The summed E-state index contributed by atoms with van der Waals surface area (Å²) in [5, 5.41) is 7.65. The number of fused-ring (bicyclic) bond motifs is 3. The van der Waals surface area contributed by atoms with Gasteiger partial charge in [0.2, 0.25) is 5.91 Å². The Balaban J connectivity index is 1.62. The van der Waals surface area contributed by atoms with Gasteiger partial charge in [-0.15, -0.1) is 0 Å². The topological polar surface area (TPSA) is 79.6 Å². The van der Waals surface area contributed by atoms with Gasteiger partial charge >= 0.3 is 0 Å². The van der Waals surface area contributed by atoms with Crippen LogP contribution in [0.1, 0.15) is 59.2 Å². The Bertz CT molecular complexity index is 1230. The molecule has 7 nitrogen and oxygen atoms in total. The van der Waals surface area contributed by atoms with Crippen molar-refractivity contribution in [2.45, 2.75) is 58.4 Å². The monoisotopic (exact) mass is 417 g/mol. The standard InChI is InChI=1S/C24H27N5O2/c1-5-8-19-24(17-9-6-7-10-18(17)26-23(24)31)11-12-28(19)22(30)20-16(4)27-29-15(3)13-14(2)25-21(20)29/h6-7,9-10,13,19H,5,8,11-12H2,1-4H3,(H,26,31)/t19-,24+/m0/s1. The Labute approximate surface area is 181 Å². The first-order chi connectivity index (χ1) is 14.9. The third-order valence-electron chi connectivity index (χ3n) is 6.86. The highest BCUT2D eigenvalue weighted by atomic mass is 16.2.